The molecule has 0 saturated carbocycles. The van der Waals surface area contributed by atoms with Crippen molar-refractivity contribution in [2.24, 2.45) is 4.99 Å². The SMILES string of the molecule is OC[C@@H]1C/C(=C/c2ccc(F)cc2)C2=Nc3ccc(Cl)cc3CN21. The van der Waals surface area contributed by atoms with Crippen LogP contribution in [0, 0.1) is 5.82 Å². The third kappa shape index (κ3) is 2.72. The zero-order valence-electron chi connectivity index (χ0n) is 12.9. The van der Waals surface area contributed by atoms with Gasteiger partial charge in [0.1, 0.15) is 11.7 Å². The van der Waals surface area contributed by atoms with Crippen molar-refractivity contribution in [3.05, 3.63) is 70.0 Å². The predicted molar refractivity (Wildman–Crippen MR) is 94.0 cm³/mol. The Morgan fingerprint density at radius 3 is 2.79 bits per heavy atom. The lowest BCUT2D eigenvalue weighted by Crippen LogP contribution is -2.36. The Hall–Kier alpha value is -2.17. The molecule has 24 heavy (non-hydrogen) atoms. The van der Waals surface area contributed by atoms with Crippen LogP contribution in [0.25, 0.3) is 6.08 Å². The molecule has 2 aliphatic rings. The van der Waals surface area contributed by atoms with Gasteiger partial charge in [-0.3, -0.25) is 0 Å². The molecule has 1 N–H and O–H groups in total. The highest BCUT2D eigenvalue weighted by Crippen LogP contribution is 2.37. The largest absolute Gasteiger partial charge is 0.394 e. The highest BCUT2D eigenvalue weighted by molar-refractivity contribution is 6.30. The number of rotatable bonds is 2. The fraction of sp³-hybridized carbons (Fsp3) is 0.211. The molecule has 0 spiro atoms. The van der Waals surface area contributed by atoms with Crippen molar-refractivity contribution in [3.63, 3.8) is 0 Å². The van der Waals surface area contributed by atoms with Crippen LogP contribution in [0.3, 0.4) is 0 Å². The monoisotopic (exact) mass is 342 g/mol. The number of aliphatic hydroxyl groups is 1. The fourth-order valence-electron chi connectivity index (χ4n) is 3.29. The Balaban J connectivity index is 1.76. The van der Waals surface area contributed by atoms with Gasteiger partial charge >= 0.3 is 0 Å². The van der Waals surface area contributed by atoms with Crippen LogP contribution in [0.15, 0.2) is 53.0 Å². The van der Waals surface area contributed by atoms with Gasteiger partial charge in [-0.15, -0.1) is 0 Å². The van der Waals surface area contributed by atoms with Crippen LogP contribution in [-0.2, 0) is 6.54 Å². The Bertz CT molecular complexity index is 845. The third-order valence-corrected chi connectivity index (χ3v) is 4.72. The normalized spacial score (nSPS) is 20.8. The molecule has 0 aromatic heterocycles. The first-order valence-corrected chi connectivity index (χ1v) is 8.23. The average Bonchev–Trinajstić information content (AvgIpc) is 2.92. The minimum atomic E-state index is -0.251. The molecule has 1 saturated heterocycles. The first kappa shape index (κ1) is 15.4. The Morgan fingerprint density at radius 1 is 1.25 bits per heavy atom. The van der Waals surface area contributed by atoms with E-state index < -0.39 is 0 Å². The molecule has 2 aliphatic heterocycles. The summed E-state index contributed by atoms with van der Waals surface area (Å²) < 4.78 is 13.1. The minimum Gasteiger partial charge on any atom is -0.394 e. The van der Waals surface area contributed by atoms with Crippen LogP contribution in [0.5, 0.6) is 0 Å². The number of aliphatic hydroxyl groups excluding tert-OH is 1. The highest BCUT2D eigenvalue weighted by atomic mass is 35.5. The molecule has 122 valence electrons. The van der Waals surface area contributed by atoms with E-state index in [-0.39, 0.29) is 18.5 Å². The molecule has 0 aliphatic carbocycles. The molecule has 0 amide bonds. The highest BCUT2D eigenvalue weighted by Gasteiger charge is 2.35. The second kappa shape index (κ2) is 6.04. The number of hydrogen-bond donors (Lipinski definition) is 1. The van der Waals surface area contributed by atoms with E-state index in [1.807, 2.05) is 24.3 Å². The van der Waals surface area contributed by atoms with Gasteiger partial charge in [-0.2, -0.15) is 0 Å². The number of halogens is 2. The van der Waals surface area contributed by atoms with Gasteiger partial charge < -0.3 is 10.0 Å². The van der Waals surface area contributed by atoms with Gasteiger partial charge in [0.15, 0.2) is 0 Å². The lowest BCUT2D eigenvalue weighted by molar-refractivity contribution is 0.188. The second-order valence-electron chi connectivity index (χ2n) is 6.10. The van der Waals surface area contributed by atoms with Crippen molar-refractivity contribution in [1.82, 2.24) is 4.90 Å². The van der Waals surface area contributed by atoms with Gasteiger partial charge in [0.05, 0.1) is 18.3 Å². The maximum atomic E-state index is 13.1. The summed E-state index contributed by atoms with van der Waals surface area (Å²) in [5, 5.41) is 10.4. The van der Waals surface area contributed by atoms with Gasteiger partial charge in [0.2, 0.25) is 0 Å². The third-order valence-electron chi connectivity index (χ3n) is 4.49. The number of benzene rings is 2. The zero-order valence-corrected chi connectivity index (χ0v) is 13.7. The van der Waals surface area contributed by atoms with Gasteiger partial charge in [-0.25, -0.2) is 9.38 Å². The molecular formula is C19H16ClFN2O. The van der Waals surface area contributed by atoms with E-state index in [2.05, 4.69) is 4.90 Å². The fourth-order valence-corrected chi connectivity index (χ4v) is 3.48. The van der Waals surface area contributed by atoms with E-state index in [9.17, 15) is 9.50 Å². The molecular weight excluding hydrogens is 327 g/mol. The van der Waals surface area contributed by atoms with Crippen LogP contribution in [0.4, 0.5) is 10.1 Å². The molecule has 2 aromatic rings. The van der Waals surface area contributed by atoms with E-state index in [1.165, 1.54) is 12.1 Å². The summed E-state index contributed by atoms with van der Waals surface area (Å²) in [5.74, 6) is 0.632. The first-order chi connectivity index (χ1) is 11.6. The van der Waals surface area contributed by atoms with Gasteiger partial charge in [0.25, 0.3) is 0 Å². The summed E-state index contributed by atoms with van der Waals surface area (Å²) in [6.07, 6.45) is 2.73. The quantitative estimate of drug-likeness (QED) is 0.889. The van der Waals surface area contributed by atoms with Gasteiger partial charge in [-0.05, 0) is 59.5 Å². The number of hydrogen-bond acceptors (Lipinski definition) is 3. The number of amidine groups is 1. The lowest BCUT2D eigenvalue weighted by atomic mass is 10.1. The zero-order chi connectivity index (χ0) is 16.7. The van der Waals surface area contributed by atoms with Crippen LogP contribution in [0.1, 0.15) is 17.5 Å². The predicted octanol–water partition coefficient (Wildman–Crippen LogP) is 4.17. The van der Waals surface area contributed by atoms with Crippen molar-refractivity contribution < 1.29 is 9.50 Å². The lowest BCUT2D eigenvalue weighted by Gasteiger charge is -2.29. The maximum Gasteiger partial charge on any atom is 0.133 e. The van der Waals surface area contributed by atoms with E-state index in [4.69, 9.17) is 16.6 Å². The summed E-state index contributed by atoms with van der Waals surface area (Å²) in [7, 11) is 0. The molecule has 0 unspecified atom stereocenters. The molecule has 1 atom stereocenters. The topological polar surface area (TPSA) is 35.8 Å². The Labute approximate surface area is 144 Å². The summed E-state index contributed by atoms with van der Waals surface area (Å²) in [4.78, 5) is 6.89. The summed E-state index contributed by atoms with van der Waals surface area (Å²) in [5.41, 5.74) is 3.96. The number of aliphatic imine (C=N–C) groups is 1. The van der Waals surface area contributed by atoms with E-state index in [0.29, 0.717) is 18.0 Å². The molecule has 2 heterocycles. The molecule has 2 aromatic carbocycles. The van der Waals surface area contributed by atoms with E-state index in [0.717, 1.165) is 28.2 Å². The molecule has 1 fully saturated rings. The number of fused-ring (bicyclic) bond motifs is 2. The smallest absolute Gasteiger partial charge is 0.133 e. The van der Waals surface area contributed by atoms with Crippen molar-refractivity contribution in [2.75, 3.05) is 6.61 Å². The second-order valence-corrected chi connectivity index (χ2v) is 6.53. The van der Waals surface area contributed by atoms with Gasteiger partial charge in [0, 0.05) is 11.6 Å². The standard InChI is InChI=1S/C19H16ClFN2O/c20-15-3-6-18-14(8-15)10-23-17(11-24)9-13(19(23)22-18)7-12-1-4-16(21)5-2-12/h1-8,17,24H,9-11H2/b13-7-/t17-/m0/s1. The van der Waals surface area contributed by atoms with Gasteiger partial charge in [-0.1, -0.05) is 23.7 Å². The van der Waals surface area contributed by atoms with Crippen molar-refractivity contribution in [1.29, 1.82) is 0 Å². The van der Waals surface area contributed by atoms with E-state index in [1.54, 1.807) is 12.1 Å². The molecule has 0 radical (unpaired) electrons. The molecule has 0 bridgehead atoms. The molecule has 4 rings (SSSR count). The maximum absolute atomic E-state index is 13.1. The minimum absolute atomic E-state index is 0.00239. The summed E-state index contributed by atoms with van der Waals surface area (Å²) in [6.45, 7) is 0.746. The van der Waals surface area contributed by atoms with Crippen LogP contribution >= 0.6 is 11.6 Å². The number of nitrogens with zero attached hydrogens (tertiary/aromatic N) is 2. The van der Waals surface area contributed by atoms with Crippen molar-refractivity contribution >= 4 is 29.2 Å². The van der Waals surface area contributed by atoms with Crippen molar-refractivity contribution in [2.45, 2.75) is 19.0 Å². The first-order valence-electron chi connectivity index (χ1n) is 7.85. The van der Waals surface area contributed by atoms with Crippen LogP contribution in [-0.4, -0.2) is 28.5 Å². The van der Waals surface area contributed by atoms with Crippen LogP contribution in [0.2, 0.25) is 5.02 Å². The Kier molecular flexibility index (Phi) is 3.87. The summed E-state index contributed by atoms with van der Waals surface area (Å²) in [6, 6.07) is 12.1. The van der Waals surface area contributed by atoms with E-state index >= 15 is 0 Å². The molecule has 5 heteroatoms. The molecule has 3 nitrogen and oxygen atoms in total. The summed E-state index contributed by atoms with van der Waals surface area (Å²) >= 11 is 6.08. The van der Waals surface area contributed by atoms with Crippen molar-refractivity contribution in [3.8, 4) is 0 Å². The van der Waals surface area contributed by atoms with Crippen LogP contribution < -0.4 is 0 Å². The average molecular weight is 343 g/mol. The Morgan fingerprint density at radius 2 is 2.04 bits per heavy atom.